The van der Waals surface area contributed by atoms with Gasteiger partial charge in [0.05, 0.1) is 11.5 Å². The summed E-state index contributed by atoms with van der Waals surface area (Å²) in [5, 5.41) is 12.6. The van der Waals surface area contributed by atoms with E-state index in [4.69, 9.17) is 22.4 Å². The minimum absolute atomic E-state index is 0.0218. The molecule has 1 aromatic heterocycles. The molecule has 2 rings (SSSR count). The minimum atomic E-state index is 0.0218. The van der Waals surface area contributed by atoms with Gasteiger partial charge in [-0.05, 0) is 30.7 Å². The van der Waals surface area contributed by atoms with Crippen LogP contribution in [0, 0.1) is 6.92 Å². The molecule has 0 unspecified atom stereocenters. The van der Waals surface area contributed by atoms with E-state index in [1.54, 1.807) is 6.20 Å². The van der Waals surface area contributed by atoms with Crippen molar-refractivity contribution in [3.63, 3.8) is 0 Å². The van der Waals surface area contributed by atoms with Crippen LogP contribution in [0.5, 0.6) is 0 Å². The molecule has 0 atom stereocenters. The second-order valence-corrected chi connectivity index (χ2v) is 5.62. The van der Waals surface area contributed by atoms with Crippen molar-refractivity contribution in [2.75, 3.05) is 24.2 Å². The molecule has 20 heavy (non-hydrogen) atoms. The third-order valence-corrected chi connectivity index (χ3v) is 3.97. The number of nitrogens with zero attached hydrogens (tertiary/aromatic N) is 2. The normalized spacial score (nSPS) is 10.6. The molecule has 0 fully saturated rings. The number of hydrogen-bond acceptors (Lipinski definition) is 6. The lowest BCUT2D eigenvalue weighted by Crippen LogP contribution is -2.09. The first-order valence-electron chi connectivity index (χ1n) is 6.01. The van der Waals surface area contributed by atoms with Gasteiger partial charge in [-0.1, -0.05) is 23.4 Å². The van der Waals surface area contributed by atoms with Gasteiger partial charge in [0.25, 0.3) is 0 Å². The minimum Gasteiger partial charge on any atom is -0.395 e. The van der Waals surface area contributed by atoms with Crippen LogP contribution in [0.1, 0.15) is 5.56 Å². The maximum Gasteiger partial charge on any atom is 0.221 e. The van der Waals surface area contributed by atoms with E-state index in [2.05, 4.69) is 15.3 Å². The number of benzene rings is 1. The fourth-order valence-corrected chi connectivity index (χ4v) is 2.75. The molecular weight excluding hydrogens is 296 g/mol. The summed E-state index contributed by atoms with van der Waals surface area (Å²) in [6.45, 7) is 2.42. The lowest BCUT2D eigenvalue weighted by Gasteiger charge is -2.11. The first-order valence-corrected chi connectivity index (χ1v) is 7.21. The zero-order valence-electron chi connectivity index (χ0n) is 10.9. The van der Waals surface area contributed by atoms with E-state index in [1.165, 1.54) is 11.8 Å². The van der Waals surface area contributed by atoms with Gasteiger partial charge < -0.3 is 16.2 Å². The van der Waals surface area contributed by atoms with E-state index >= 15 is 0 Å². The van der Waals surface area contributed by atoms with Crippen molar-refractivity contribution in [3.8, 4) is 0 Å². The zero-order valence-corrected chi connectivity index (χ0v) is 12.5. The second kappa shape index (κ2) is 6.78. The molecule has 4 N–H and O–H groups in total. The van der Waals surface area contributed by atoms with Gasteiger partial charge in [0, 0.05) is 22.7 Å². The number of aliphatic hydroxyl groups excluding tert-OH is 1. The summed E-state index contributed by atoms with van der Waals surface area (Å²) in [4.78, 5) is 10.1. The zero-order chi connectivity index (χ0) is 14.5. The Morgan fingerprint density at radius 2 is 2.20 bits per heavy atom. The van der Waals surface area contributed by atoms with Crippen LogP contribution in [-0.4, -0.2) is 28.2 Å². The Morgan fingerprint density at radius 1 is 1.40 bits per heavy atom. The van der Waals surface area contributed by atoms with E-state index in [1.807, 2.05) is 25.1 Å². The van der Waals surface area contributed by atoms with Gasteiger partial charge in [0.1, 0.15) is 5.82 Å². The van der Waals surface area contributed by atoms with Crippen molar-refractivity contribution in [1.29, 1.82) is 0 Å². The summed E-state index contributed by atoms with van der Waals surface area (Å²) >= 11 is 7.48. The lowest BCUT2D eigenvalue weighted by molar-refractivity contribution is 0.311. The van der Waals surface area contributed by atoms with E-state index in [9.17, 15) is 0 Å². The Kier molecular flexibility index (Phi) is 5.05. The van der Waals surface area contributed by atoms with Crippen LogP contribution in [0.2, 0.25) is 5.02 Å². The third-order valence-electron chi connectivity index (χ3n) is 2.53. The van der Waals surface area contributed by atoms with Crippen LogP contribution in [0.25, 0.3) is 0 Å². The standard InChI is InChI=1S/C13H15ClN4OS/c1-8-6-9(14)2-3-10(8)20-11-7-17-13(15)18-12(11)16-4-5-19/h2-3,6-7,19H,4-5H2,1H3,(H3,15,16,17,18). The van der Waals surface area contributed by atoms with Crippen LogP contribution < -0.4 is 11.1 Å². The molecule has 5 nitrogen and oxygen atoms in total. The predicted octanol–water partition coefficient (Wildman–Crippen LogP) is 2.58. The van der Waals surface area contributed by atoms with Gasteiger partial charge in [0.2, 0.25) is 5.95 Å². The number of nitrogens with one attached hydrogen (secondary N) is 1. The molecule has 7 heteroatoms. The van der Waals surface area contributed by atoms with E-state index in [0.29, 0.717) is 17.4 Å². The highest BCUT2D eigenvalue weighted by Crippen LogP contribution is 2.34. The first-order chi connectivity index (χ1) is 9.60. The Bertz CT molecular complexity index is 609. The van der Waals surface area contributed by atoms with Crippen molar-refractivity contribution in [3.05, 3.63) is 35.0 Å². The molecule has 0 bridgehead atoms. The Morgan fingerprint density at radius 3 is 2.90 bits per heavy atom. The second-order valence-electron chi connectivity index (χ2n) is 4.10. The number of anilines is 2. The number of hydrogen-bond donors (Lipinski definition) is 3. The molecular formula is C13H15ClN4OS. The molecule has 0 aliphatic heterocycles. The molecule has 106 valence electrons. The summed E-state index contributed by atoms with van der Waals surface area (Å²) in [5.41, 5.74) is 6.67. The summed E-state index contributed by atoms with van der Waals surface area (Å²) in [5.74, 6) is 0.813. The lowest BCUT2D eigenvalue weighted by atomic mass is 10.2. The molecule has 0 aliphatic carbocycles. The monoisotopic (exact) mass is 310 g/mol. The van der Waals surface area contributed by atoms with Crippen molar-refractivity contribution >= 4 is 35.1 Å². The van der Waals surface area contributed by atoms with Gasteiger partial charge in [0.15, 0.2) is 0 Å². The Labute approximate surface area is 126 Å². The number of rotatable bonds is 5. The number of aryl methyl sites for hydroxylation is 1. The maximum absolute atomic E-state index is 8.89. The SMILES string of the molecule is Cc1cc(Cl)ccc1Sc1cnc(N)nc1NCCO. The highest BCUT2D eigenvalue weighted by molar-refractivity contribution is 7.99. The van der Waals surface area contributed by atoms with Crippen LogP contribution in [0.15, 0.2) is 34.2 Å². The van der Waals surface area contributed by atoms with Crippen molar-refractivity contribution in [1.82, 2.24) is 9.97 Å². The highest BCUT2D eigenvalue weighted by Gasteiger charge is 2.09. The molecule has 0 amide bonds. The average Bonchev–Trinajstić information content (AvgIpc) is 2.41. The van der Waals surface area contributed by atoms with Gasteiger partial charge >= 0.3 is 0 Å². The van der Waals surface area contributed by atoms with E-state index < -0.39 is 0 Å². The molecule has 2 aromatic rings. The topological polar surface area (TPSA) is 84.1 Å². The largest absolute Gasteiger partial charge is 0.395 e. The molecule has 1 aromatic carbocycles. The smallest absolute Gasteiger partial charge is 0.221 e. The van der Waals surface area contributed by atoms with Gasteiger partial charge in [-0.15, -0.1) is 0 Å². The summed E-state index contributed by atoms with van der Waals surface area (Å²) in [6.07, 6.45) is 1.67. The molecule has 0 saturated carbocycles. The number of aromatic nitrogens is 2. The number of halogens is 1. The Balaban J connectivity index is 2.27. The van der Waals surface area contributed by atoms with Crippen molar-refractivity contribution in [2.45, 2.75) is 16.7 Å². The van der Waals surface area contributed by atoms with Gasteiger partial charge in [-0.25, -0.2) is 4.98 Å². The maximum atomic E-state index is 8.89. The van der Waals surface area contributed by atoms with Gasteiger partial charge in [-0.2, -0.15) is 4.98 Å². The summed E-state index contributed by atoms with van der Waals surface area (Å²) in [7, 11) is 0. The third kappa shape index (κ3) is 3.75. The highest BCUT2D eigenvalue weighted by atomic mass is 35.5. The van der Waals surface area contributed by atoms with Gasteiger partial charge in [-0.3, -0.25) is 0 Å². The average molecular weight is 311 g/mol. The van der Waals surface area contributed by atoms with Crippen molar-refractivity contribution < 1.29 is 5.11 Å². The van der Waals surface area contributed by atoms with E-state index in [0.717, 1.165) is 15.4 Å². The Hall–Kier alpha value is -1.50. The fraction of sp³-hybridized carbons (Fsp3) is 0.231. The number of nitrogen functional groups attached to an aromatic ring is 1. The molecule has 0 aliphatic rings. The summed E-state index contributed by atoms with van der Waals surface area (Å²) in [6, 6.07) is 5.70. The van der Waals surface area contributed by atoms with E-state index in [-0.39, 0.29) is 12.6 Å². The van der Waals surface area contributed by atoms with Crippen LogP contribution >= 0.6 is 23.4 Å². The van der Waals surface area contributed by atoms with Crippen LogP contribution in [0.4, 0.5) is 11.8 Å². The quantitative estimate of drug-likeness (QED) is 0.787. The molecule has 0 spiro atoms. The first kappa shape index (κ1) is 14.9. The van der Waals surface area contributed by atoms with Crippen molar-refractivity contribution in [2.24, 2.45) is 0 Å². The summed E-state index contributed by atoms with van der Waals surface area (Å²) < 4.78 is 0. The molecule has 0 radical (unpaired) electrons. The molecule has 0 saturated heterocycles. The number of nitrogens with two attached hydrogens (primary N) is 1. The van der Waals surface area contributed by atoms with Crippen LogP contribution in [0.3, 0.4) is 0 Å². The predicted molar refractivity (Wildman–Crippen MR) is 82.3 cm³/mol. The number of aliphatic hydroxyl groups is 1. The molecule has 1 heterocycles. The fourth-order valence-electron chi connectivity index (χ4n) is 1.61. The van der Waals surface area contributed by atoms with Crippen LogP contribution in [-0.2, 0) is 0 Å².